The number of rotatable bonds is 3. The highest BCUT2D eigenvalue weighted by Gasteiger charge is 2.33. The Balaban J connectivity index is 2.71. The second-order valence-corrected chi connectivity index (χ2v) is 4.30. The molecule has 0 unspecified atom stereocenters. The van der Waals surface area contributed by atoms with Crippen LogP contribution < -0.4 is 0 Å². The molecule has 0 aromatic carbocycles. The van der Waals surface area contributed by atoms with Crippen molar-refractivity contribution in [2.45, 2.75) is 6.17 Å². The molecule has 0 fully saturated rings. The van der Waals surface area contributed by atoms with Crippen LogP contribution in [0.2, 0.25) is 0 Å². The van der Waals surface area contributed by atoms with Gasteiger partial charge in [-0.1, -0.05) is 0 Å². The lowest BCUT2D eigenvalue weighted by Crippen LogP contribution is -2.43. The maximum Gasteiger partial charge on any atom is 0.451 e. The van der Waals surface area contributed by atoms with Gasteiger partial charge in [0.2, 0.25) is 6.17 Å². The molecule has 8 heteroatoms. The summed E-state index contributed by atoms with van der Waals surface area (Å²) in [6.45, 7) is 0. The molecule has 7 nitrogen and oxygen atoms in total. The molecule has 0 N–H and O–H groups in total. The highest BCUT2D eigenvalue weighted by molar-refractivity contribution is 7.82. The molecule has 0 atom stereocenters. The Morgan fingerprint density at radius 3 is 2.13 bits per heavy atom. The average molecular weight is 236 g/mol. The van der Waals surface area contributed by atoms with Crippen LogP contribution in [-0.4, -0.2) is 51.6 Å². The molecule has 1 aliphatic heterocycles. The van der Waals surface area contributed by atoms with Gasteiger partial charge in [0.25, 0.3) is 0 Å². The van der Waals surface area contributed by atoms with Crippen molar-refractivity contribution in [1.82, 2.24) is 9.80 Å². The van der Waals surface area contributed by atoms with E-state index in [-0.39, 0.29) is 0 Å². The van der Waals surface area contributed by atoms with Crippen molar-refractivity contribution in [2.75, 3.05) is 21.2 Å². The van der Waals surface area contributed by atoms with Gasteiger partial charge in [-0.15, -0.1) is 0 Å². The fraction of sp³-hybridized carbons (Fsp3) is 0.571. The van der Waals surface area contributed by atoms with Crippen LogP contribution in [0.25, 0.3) is 0 Å². The molecule has 0 amide bonds. The minimum absolute atomic E-state index is 0.782. The van der Waals surface area contributed by atoms with Gasteiger partial charge in [-0.3, -0.25) is 0 Å². The predicted octanol–water partition coefficient (Wildman–Crippen LogP) is -0.905. The van der Waals surface area contributed by atoms with Crippen molar-refractivity contribution in [1.29, 1.82) is 0 Å². The van der Waals surface area contributed by atoms with Gasteiger partial charge >= 0.3 is 16.4 Å². The van der Waals surface area contributed by atoms with Gasteiger partial charge in [0.1, 0.15) is 0 Å². The molecule has 0 radical (unpaired) electrons. The van der Waals surface area contributed by atoms with E-state index in [1.54, 1.807) is 26.5 Å². The van der Waals surface area contributed by atoms with E-state index in [9.17, 15) is 13.2 Å². The van der Waals surface area contributed by atoms with Crippen LogP contribution in [0.5, 0.6) is 0 Å². The van der Waals surface area contributed by atoms with E-state index in [0.717, 1.165) is 7.11 Å². The molecule has 0 saturated heterocycles. The Hall–Kier alpha value is -1.28. The molecule has 0 aromatic heterocycles. The lowest BCUT2D eigenvalue weighted by molar-refractivity contribution is -0.142. The van der Waals surface area contributed by atoms with Crippen LogP contribution in [0.15, 0.2) is 12.4 Å². The maximum absolute atomic E-state index is 11.4. The lowest BCUT2D eigenvalue weighted by Gasteiger charge is -2.24. The van der Waals surface area contributed by atoms with E-state index >= 15 is 0 Å². The second kappa shape index (κ2) is 4.07. The normalized spacial score (nSPS) is 17.3. The molecule has 86 valence electrons. The first kappa shape index (κ1) is 11.8. The smallest absolute Gasteiger partial charge is 0.350 e. The van der Waals surface area contributed by atoms with Gasteiger partial charge < -0.3 is 14.0 Å². The third kappa shape index (κ3) is 2.60. The Labute approximate surface area is 88.2 Å². The SMILES string of the molecule is COS(=O)(=O)OC(=O)C1N(C)C=CN1C. The molecule has 0 spiro atoms. The largest absolute Gasteiger partial charge is 0.451 e. The first-order valence-electron chi connectivity index (χ1n) is 4.03. The molecule has 0 saturated carbocycles. The van der Waals surface area contributed by atoms with Crippen molar-refractivity contribution in [2.24, 2.45) is 0 Å². The number of nitrogens with zero attached hydrogens (tertiary/aromatic N) is 2. The molecule has 1 heterocycles. The van der Waals surface area contributed by atoms with Gasteiger partial charge in [-0.05, 0) is 0 Å². The monoisotopic (exact) mass is 236 g/mol. The van der Waals surface area contributed by atoms with Crippen LogP contribution in [0.3, 0.4) is 0 Å². The zero-order valence-corrected chi connectivity index (χ0v) is 9.39. The van der Waals surface area contributed by atoms with Crippen LogP contribution in [0.1, 0.15) is 0 Å². The van der Waals surface area contributed by atoms with Crippen molar-refractivity contribution >= 4 is 16.4 Å². The van der Waals surface area contributed by atoms with E-state index in [1.807, 2.05) is 0 Å². The highest BCUT2D eigenvalue weighted by atomic mass is 32.3. The third-order valence-corrected chi connectivity index (χ3v) is 2.68. The minimum atomic E-state index is -4.23. The Bertz CT molecular complexity index is 365. The molecule has 1 rings (SSSR count). The van der Waals surface area contributed by atoms with Gasteiger partial charge in [0.05, 0.1) is 7.11 Å². The Morgan fingerprint density at radius 1 is 1.27 bits per heavy atom. The van der Waals surface area contributed by atoms with Gasteiger partial charge in [0.15, 0.2) is 0 Å². The summed E-state index contributed by atoms with van der Waals surface area (Å²) in [6, 6.07) is 0. The molecule has 1 aliphatic rings. The minimum Gasteiger partial charge on any atom is -0.350 e. The molecular formula is C7H12N2O5S. The molecule has 15 heavy (non-hydrogen) atoms. The van der Waals surface area contributed by atoms with Crippen LogP contribution in [-0.2, 0) is 23.6 Å². The average Bonchev–Trinajstić information content (AvgIpc) is 2.45. The van der Waals surface area contributed by atoms with Crippen molar-refractivity contribution in [3.63, 3.8) is 0 Å². The zero-order valence-electron chi connectivity index (χ0n) is 8.58. The zero-order chi connectivity index (χ0) is 11.6. The van der Waals surface area contributed by atoms with E-state index < -0.39 is 22.5 Å². The Kier molecular flexibility index (Phi) is 3.20. The topological polar surface area (TPSA) is 76.2 Å². The number of hydrogen-bond acceptors (Lipinski definition) is 7. The summed E-state index contributed by atoms with van der Waals surface area (Å²) < 4.78 is 29.9. The number of carbonyl (C=O) groups excluding carboxylic acids is 1. The third-order valence-electron chi connectivity index (χ3n) is 1.91. The summed E-state index contributed by atoms with van der Waals surface area (Å²) in [5, 5.41) is 0. The lowest BCUT2D eigenvalue weighted by atomic mass is 10.4. The fourth-order valence-corrected chi connectivity index (χ4v) is 1.53. The van der Waals surface area contributed by atoms with E-state index in [2.05, 4.69) is 8.37 Å². The summed E-state index contributed by atoms with van der Waals surface area (Å²) >= 11 is 0. The van der Waals surface area contributed by atoms with Gasteiger partial charge in [-0.25, -0.2) is 8.98 Å². The summed E-state index contributed by atoms with van der Waals surface area (Å²) in [5.74, 6) is -0.910. The maximum atomic E-state index is 11.4. The van der Waals surface area contributed by atoms with Crippen molar-refractivity contribution in [3.8, 4) is 0 Å². The van der Waals surface area contributed by atoms with Gasteiger partial charge in [0, 0.05) is 26.5 Å². The summed E-state index contributed by atoms with van der Waals surface area (Å²) in [4.78, 5) is 14.5. The van der Waals surface area contributed by atoms with E-state index in [0.29, 0.717) is 0 Å². The summed E-state index contributed by atoms with van der Waals surface area (Å²) in [6.07, 6.45) is 2.48. The van der Waals surface area contributed by atoms with Crippen molar-refractivity contribution < 1.29 is 21.6 Å². The standard InChI is InChI=1S/C7H12N2O5S/c1-8-4-5-9(2)6(8)7(10)14-15(11,12)13-3/h4-6H,1-3H3. The number of likely N-dealkylation sites (N-methyl/N-ethyl adjacent to an activating group) is 2. The molecule has 0 bridgehead atoms. The van der Waals surface area contributed by atoms with Crippen LogP contribution in [0, 0.1) is 0 Å². The first-order valence-corrected chi connectivity index (χ1v) is 5.37. The van der Waals surface area contributed by atoms with E-state index in [4.69, 9.17) is 0 Å². The van der Waals surface area contributed by atoms with Crippen LogP contribution >= 0.6 is 0 Å². The highest BCUT2D eigenvalue weighted by Crippen LogP contribution is 2.13. The van der Waals surface area contributed by atoms with Crippen LogP contribution in [0.4, 0.5) is 0 Å². The quantitative estimate of drug-likeness (QED) is 0.628. The predicted molar refractivity (Wildman–Crippen MR) is 50.5 cm³/mol. The fourth-order valence-electron chi connectivity index (χ4n) is 1.17. The van der Waals surface area contributed by atoms with Crippen molar-refractivity contribution in [3.05, 3.63) is 12.4 Å². The molecule has 0 aliphatic carbocycles. The molecular weight excluding hydrogens is 224 g/mol. The summed E-state index contributed by atoms with van der Waals surface area (Å²) in [5.41, 5.74) is 0. The van der Waals surface area contributed by atoms with E-state index in [1.165, 1.54) is 9.80 Å². The first-order chi connectivity index (χ1) is 6.87. The van der Waals surface area contributed by atoms with Gasteiger partial charge in [-0.2, -0.15) is 8.42 Å². The molecule has 0 aromatic rings. The Morgan fingerprint density at radius 2 is 1.73 bits per heavy atom. The second-order valence-electron chi connectivity index (χ2n) is 2.98. The number of carbonyl (C=O) groups is 1. The number of hydrogen-bond donors (Lipinski definition) is 0. The summed E-state index contributed by atoms with van der Waals surface area (Å²) in [7, 11) is -0.0535.